The van der Waals surface area contributed by atoms with Gasteiger partial charge in [0.1, 0.15) is 0 Å². The molecule has 2 aromatic carbocycles. The molecular weight excluding hydrogens is 264 g/mol. The molecular formula is C19H17Cl. The van der Waals surface area contributed by atoms with Crippen LogP contribution in [0, 0.1) is 13.8 Å². The molecule has 0 saturated carbocycles. The summed E-state index contributed by atoms with van der Waals surface area (Å²) in [6.45, 7) is 8.47. The topological polar surface area (TPSA) is 0 Å². The minimum Gasteiger partial charge on any atom is -0.0911 e. The Kier molecular flexibility index (Phi) is 3.27. The van der Waals surface area contributed by atoms with E-state index in [1.807, 2.05) is 12.1 Å². The third-order valence-electron chi connectivity index (χ3n) is 3.91. The molecule has 2 aromatic rings. The van der Waals surface area contributed by atoms with Crippen LogP contribution in [0.3, 0.4) is 0 Å². The first-order valence-corrected chi connectivity index (χ1v) is 7.19. The van der Waals surface area contributed by atoms with Crippen LogP contribution in [0.4, 0.5) is 0 Å². The molecule has 0 unspecified atom stereocenters. The molecule has 0 radical (unpaired) electrons. The summed E-state index contributed by atoms with van der Waals surface area (Å²) >= 11 is 6.36. The maximum Gasteiger partial charge on any atom is 0.0447 e. The Morgan fingerprint density at radius 2 is 1.85 bits per heavy atom. The zero-order valence-corrected chi connectivity index (χ0v) is 12.6. The number of hydrogen-bond acceptors (Lipinski definition) is 0. The van der Waals surface area contributed by atoms with Crippen LogP contribution in [-0.2, 0) is 6.42 Å². The smallest absolute Gasteiger partial charge is 0.0447 e. The summed E-state index contributed by atoms with van der Waals surface area (Å²) < 4.78 is 0. The molecule has 20 heavy (non-hydrogen) atoms. The number of halogens is 1. The lowest BCUT2D eigenvalue weighted by molar-refractivity contribution is 1.22. The summed E-state index contributed by atoms with van der Waals surface area (Å²) in [4.78, 5) is 0. The van der Waals surface area contributed by atoms with Crippen molar-refractivity contribution in [3.8, 4) is 0 Å². The van der Waals surface area contributed by atoms with Crippen molar-refractivity contribution in [2.24, 2.45) is 0 Å². The van der Waals surface area contributed by atoms with Crippen LogP contribution < -0.4 is 0 Å². The van der Waals surface area contributed by atoms with E-state index in [4.69, 9.17) is 11.6 Å². The van der Waals surface area contributed by atoms with E-state index in [0.29, 0.717) is 0 Å². The van der Waals surface area contributed by atoms with Crippen LogP contribution >= 0.6 is 11.6 Å². The van der Waals surface area contributed by atoms with Crippen LogP contribution in [0.5, 0.6) is 0 Å². The van der Waals surface area contributed by atoms with Crippen molar-refractivity contribution in [2.75, 3.05) is 0 Å². The maximum absolute atomic E-state index is 6.36. The first kappa shape index (κ1) is 13.2. The van der Waals surface area contributed by atoms with Crippen molar-refractivity contribution in [1.82, 2.24) is 0 Å². The van der Waals surface area contributed by atoms with E-state index in [-0.39, 0.29) is 0 Å². The minimum atomic E-state index is 0.832. The molecule has 0 saturated heterocycles. The summed E-state index contributed by atoms with van der Waals surface area (Å²) in [6.07, 6.45) is 3.06. The van der Waals surface area contributed by atoms with Gasteiger partial charge in [0.15, 0.2) is 0 Å². The van der Waals surface area contributed by atoms with Gasteiger partial charge in [-0.05, 0) is 53.3 Å². The zero-order valence-electron chi connectivity index (χ0n) is 11.8. The summed E-state index contributed by atoms with van der Waals surface area (Å²) in [7, 11) is 0. The predicted molar refractivity (Wildman–Crippen MR) is 88.1 cm³/mol. The number of rotatable bonds is 1. The summed E-state index contributed by atoms with van der Waals surface area (Å²) in [5, 5.41) is 0.832. The van der Waals surface area contributed by atoms with Crippen LogP contribution in [0.25, 0.3) is 11.1 Å². The molecule has 1 aliphatic carbocycles. The van der Waals surface area contributed by atoms with Gasteiger partial charge in [-0.15, -0.1) is 0 Å². The molecule has 0 aliphatic heterocycles. The van der Waals surface area contributed by atoms with Crippen molar-refractivity contribution < 1.29 is 0 Å². The monoisotopic (exact) mass is 280 g/mol. The molecule has 0 amide bonds. The Morgan fingerprint density at radius 3 is 2.60 bits per heavy atom. The van der Waals surface area contributed by atoms with Crippen LogP contribution in [0.15, 0.2) is 49.1 Å². The Hall–Kier alpha value is -1.79. The van der Waals surface area contributed by atoms with Gasteiger partial charge in [0.05, 0.1) is 0 Å². The van der Waals surface area contributed by atoms with Crippen LogP contribution in [0.2, 0.25) is 5.02 Å². The Labute approximate surface area is 125 Å². The quantitative estimate of drug-likeness (QED) is 0.637. The molecule has 0 bridgehead atoms. The molecule has 0 heterocycles. The number of fused-ring (bicyclic) bond motifs is 1. The number of benzene rings is 2. The van der Waals surface area contributed by atoms with Crippen LogP contribution in [-0.4, -0.2) is 0 Å². The summed E-state index contributed by atoms with van der Waals surface area (Å²) in [5.41, 5.74) is 8.60. The van der Waals surface area contributed by atoms with Crippen molar-refractivity contribution in [1.29, 1.82) is 0 Å². The first-order valence-electron chi connectivity index (χ1n) is 6.81. The highest BCUT2D eigenvalue weighted by Crippen LogP contribution is 2.37. The molecule has 100 valence electrons. The van der Waals surface area contributed by atoms with E-state index in [1.165, 1.54) is 33.4 Å². The summed E-state index contributed by atoms with van der Waals surface area (Å²) in [6, 6.07) is 12.6. The van der Waals surface area contributed by atoms with Gasteiger partial charge < -0.3 is 0 Å². The van der Waals surface area contributed by atoms with Crippen molar-refractivity contribution >= 4 is 22.7 Å². The number of hydrogen-bond donors (Lipinski definition) is 0. The van der Waals surface area contributed by atoms with Gasteiger partial charge in [-0.2, -0.15) is 0 Å². The van der Waals surface area contributed by atoms with Gasteiger partial charge in [0.25, 0.3) is 0 Å². The second kappa shape index (κ2) is 4.96. The molecule has 0 aromatic heterocycles. The molecule has 0 spiro atoms. The van der Waals surface area contributed by atoms with E-state index >= 15 is 0 Å². The van der Waals surface area contributed by atoms with Gasteiger partial charge in [-0.3, -0.25) is 0 Å². The molecule has 3 rings (SSSR count). The van der Waals surface area contributed by atoms with Crippen LogP contribution in [0.1, 0.15) is 27.8 Å². The van der Waals surface area contributed by atoms with Gasteiger partial charge in [-0.25, -0.2) is 0 Å². The molecule has 1 aliphatic rings. The fourth-order valence-electron chi connectivity index (χ4n) is 2.92. The highest BCUT2D eigenvalue weighted by atomic mass is 35.5. The fourth-order valence-corrected chi connectivity index (χ4v) is 3.16. The van der Waals surface area contributed by atoms with Crippen molar-refractivity contribution in [3.63, 3.8) is 0 Å². The van der Waals surface area contributed by atoms with E-state index < -0.39 is 0 Å². The highest BCUT2D eigenvalue weighted by Gasteiger charge is 2.18. The largest absolute Gasteiger partial charge is 0.0911 e. The normalized spacial score (nSPS) is 13.9. The first-order chi connectivity index (χ1) is 9.56. The van der Waals surface area contributed by atoms with E-state index in [2.05, 4.69) is 50.8 Å². The van der Waals surface area contributed by atoms with Gasteiger partial charge in [0.2, 0.25) is 0 Å². The third-order valence-corrected chi connectivity index (χ3v) is 4.26. The summed E-state index contributed by atoms with van der Waals surface area (Å²) in [5.74, 6) is 0. The van der Waals surface area contributed by atoms with Gasteiger partial charge in [0, 0.05) is 11.4 Å². The predicted octanol–water partition coefficient (Wildman–Crippen LogP) is 5.61. The number of allylic oxidation sites excluding steroid dienone is 3. The van der Waals surface area contributed by atoms with Gasteiger partial charge >= 0.3 is 0 Å². The Balaban J connectivity index is 2.10. The second-order valence-corrected chi connectivity index (χ2v) is 5.86. The van der Waals surface area contributed by atoms with Crippen molar-refractivity contribution in [3.05, 3.63) is 81.9 Å². The standard InChI is InChI=1S/C19H17Cl/c1-12-7-8-16(13(2)9-12)15-10-14(3)17-5-4-6-19(20)18(17)11-15/h4-10H,3,11H2,1-2H3. The minimum absolute atomic E-state index is 0.832. The van der Waals surface area contributed by atoms with E-state index in [9.17, 15) is 0 Å². The second-order valence-electron chi connectivity index (χ2n) is 5.46. The SMILES string of the molecule is C=C1C=C(c2ccc(C)cc2C)Cc2c(Cl)cccc21. The van der Waals surface area contributed by atoms with E-state index in [0.717, 1.165) is 17.0 Å². The molecule has 0 nitrogen and oxygen atoms in total. The maximum atomic E-state index is 6.36. The van der Waals surface area contributed by atoms with E-state index in [1.54, 1.807) is 0 Å². The molecule has 0 N–H and O–H groups in total. The third kappa shape index (κ3) is 2.21. The van der Waals surface area contributed by atoms with Crippen molar-refractivity contribution in [2.45, 2.75) is 20.3 Å². The molecule has 1 heteroatoms. The lowest BCUT2D eigenvalue weighted by Gasteiger charge is -2.21. The average Bonchev–Trinajstić information content (AvgIpc) is 2.40. The zero-order chi connectivity index (χ0) is 14.3. The van der Waals surface area contributed by atoms with Gasteiger partial charge in [-0.1, -0.05) is 60.2 Å². The molecule has 0 atom stereocenters. The highest BCUT2D eigenvalue weighted by molar-refractivity contribution is 6.31. The lowest BCUT2D eigenvalue weighted by atomic mass is 9.84. The lowest BCUT2D eigenvalue weighted by Crippen LogP contribution is -2.03. The average molecular weight is 281 g/mol. The number of aryl methyl sites for hydroxylation is 2. The molecule has 0 fully saturated rings. The fraction of sp³-hybridized carbons (Fsp3) is 0.158. The Bertz CT molecular complexity index is 735. The Morgan fingerprint density at radius 1 is 1.05 bits per heavy atom.